The van der Waals surface area contributed by atoms with E-state index in [2.05, 4.69) is 34.6 Å². The average Bonchev–Trinajstić information content (AvgIpc) is 2.21. The number of hydrogen-bond donors (Lipinski definition) is 0. The Kier molecular flexibility index (Phi) is 9.24. The molecule has 0 heterocycles. The van der Waals surface area contributed by atoms with Gasteiger partial charge >= 0.3 is 0 Å². The summed E-state index contributed by atoms with van der Waals surface area (Å²) < 4.78 is 0. The molecule has 0 aromatic carbocycles. The standard InChI is InChI=1S/C15H32/c1-6-9-12-14(10-7-2)15(11-8-3)13(4)5/h13-15H,6-12H2,1-5H3. The molecule has 92 valence electrons. The van der Waals surface area contributed by atoms with Crippen LogP contribution >= 0.6 is 0 Å². The van der Waals surface area contributed by atoms with Crippen molar-refractivity contribution in [3.8, 4) is 0 Å². The maximum Gasteiger partial charge on any atom is -0.0363 e. The lowest BCUT2D eigenvalue weighted by atomic mass is 9.76. The highest BCUT2D eigenvalue weighted by Crippen LogP contribution is 2.32. The molecule has 0 spiro atoms. The Hall–Kier alpha value is 0. The highest BCUT2D eigenvalue weighted by atomic mass is 14.3. The fourth-order valence-electron chi connectivity index (χ4n) is 2.86. The zero-order valence-corrected chi connectivity index (χ0v) is 11.7. The summed E-state index contributed by atoms with van der Waals surface area (Å²) >= 11 is 0. The molecule has 0 saturated carbocycles. The monoisotopic (exact) mass is 212 g/mol. The van der Waals surface area contributed by atoms with Crippen molar-refractivity contribution in [3.05, 3.63) is 0 Å². The van der Waals surface area contributed by atoms with Gasteiger partial charge in [-0.25, -0.2) is 0 Å². The van der Waals surface area contributed by atoms with Gasteiger partial charge in [0.05, 0.1) is 0 Å². The summed E-state index contributed by atoms with van der Waals surface area (Å²) in [5, 5.41) is 0. The molecule has 0 heteroatoms. The van der Waals surface area contributed by atoms with Crippen molar-refractivity contribution < 1.29 is 0 Å². The zero-order valence-electron chi connectivity index (χ0n) is 11.7. The van der Waals surface area contributed by atoms with Crippen LogP contribution in [-0.4, -0.2) is 0 Å². The molecule has 0 fully saturated rings. The Labute approximate surface area is 97.8 Å². The first-order valence-corrected chi connectivity index (χ1v) is 7.17. The van der Waals surface area contributed by atoms with Gasteiger partial charge in [-0.3, -0.25) is 0 Å². The maximum atomic E-state index is 2.41. The van der Waals surface area contributed by atoms with E-state index >= 15 is 0 Å². The first-order chi connectivity index (χ1) is 7.17. The lowest BCUT2D eigenvalue weighted by Crippen LogP contribution is -2.20. The molecule has 0 radical (unpaired) electrons. The summed E-state index contributed by atoms with van der Waals surface area (Å²) in [4.78, 5) is 0. The van der Waals surface area contributed by atoms with Crippen LogP contribution in [0.15, 0.2) is 0 Å². The minimum atomic E-state index is 0.873. The van der Waals surface area contributed by atoms with E-state index in [1.54, 1.807) is 0 Å². The van der Waals surface area contributed by atoms with Crippen LogP contribution in [-0.2, 0) is 0 Å². The fourth-order valence-corrected chi connectivity index (χ4v) is 2.86. The normalized spacial score (nSPS) is 15.6. The van der Waals surface area contributed by atoms with Crippen LogP contribution in [0.3, 0.4) is 0 Å². The van der Waals surface area contributed by atoms with Crippen LogP contribution in [0.4, 0.5) is 0 Å². The van der Waals surface area contributed by atoms with Crippen molar-refractivity contribution in [1.82, 2.24) is 0 Å². The molecular formula is C15H32. The Morgan fingerprint density at radius 1 is 0.733 bits per heavy atom. The molecule has 0 saturated heterocycles. The highest BCUT2D eigenvalue weighted by molar-refractivity contribution is 4.72. The number of hydrogen-bond acceptors (Lipinski definition) is 0. The van der Waals surface area contributed by atoms with Gasteiger partial charge in [0.1, 0.15) is 0 Å². The van der Waals surface area contributed by atoms with Gasteiger partial charge in [0.15, 0.2) is 0 Å². The molecule has 0 aromatic rings. The summed E-state index contributed by atoms with van der Waals surface area (Å²) in [5.41, 5.74) is 0. The predicted octanol–water partition coefficient (Wildman–Crippen LogP) is 5.67. The highest BCUT2D eigenvalue weighted by Gasteiger charge is 2.22. The summed E-state index contributed by atoms with van der Waals surface area (Å²) in [7, 11) is 0. The molecule has 2 atom stereocenters. The quantitative estimate of drug-likeness (QED) is 0.462. The van der Waals surface area contributed by atoms with Crippen molar-refractivity contribution in [3.63, 3.8) is 0 Å². The van der Waals surface area contributed by atoms with Crippen LogP contribution in [0.25, 0.3) is 0 Å². The summed E-state index contributed by atoms with van der Waals surface area (Å²) in [6, 6.07) is 0. The van der Waals surface area contributed by atoms with Gasteiger partial charge in [-0.05, 0) is 17.8 Å². The van der Waals surface area contributed by atoms with Crippen molar-refractivity contribution in [2.75, 3.05) is 0 Å². The molecule has 0 N–H and O–H groups in total. The minimum Gasteiger partial charge on any atom is -0.0654 e. The maximum absolute atomic E-state index is 2.41. The van der Waals surface area contributed by atoms with E-state index in [0.29, 0.717) is 0 Å². The molecule has 0 aliphatic heterocycles. The number of unbranched alkanes of at least 4 members (excludes halogenated alkanes) is 1. The summed E-state index contributed by atoms with van der Waals surface area (Å²) in [6.45, 7) is 11.8. The smallest absolute Gasteiger partial charge is 0.0363 e. The lowest BCUT2D eigenvalue weighted by Gasteiger charge is -2.30. The van der Waals surface area contributed by atoms with E-state index in [0.717, 1.165) is 17.8 Å². The molecule has 0 nitrogen and oxygen atoms in total. The van der Waals surface area contributed by atoms with Gasteiger partial charge in [0.25, 0.3) is 0 Å². The van der Waals surface area contributed by atoms with Crippen molar-refractivity contribution >= 4 is 0 Å². The molecule has 0 rings (SSSR count). The molecule has 0 amide bonds. The van der Waals surface area contributed by atoms with E-state index in [-0.39, 0.29) is 0 Å². The van der Waals surface area contributed by atoms with Gasteiger partial charge in [0, 0.05) is 0 Å². The Balaban J connectivity index is 4.23. The molecular weight excluding hydrogens is 180 g/mol. The Bertz CT molecular complexity index is 126. The van der Waals surface area contributed by atoms with E-state index in [9.17, 15) is 0 Å². The van der Waals surface area contributed by atoms with Gasteiger partial charge in [-0.1, -0.05) is 79.6 Å². The second-order valence-electron chi connectivity index (χ2n) is 5.39. The van der Waals surface area contributed by atoms with Crippen molar-refractivity contribution in [1.29, 1.82) is 0 Å². The SMILES string of the molecule is CCCCC(CCC)C(CCC)C(C)C. The first-order valence-electron chi connectivity index (χ1n) is 7.17. The molecule has 0 aromatic heterocycles. The first kappa shape index (κ1) is 15.0. The van der Waals surface area contributed by atoms with Crippen molar-refractivity contribution in [2.45, 2.75) is 79.6 Å². The third-order valence-electron chi connectivity index (χ3n) is 3.67. The number of rotatable bonds is 9. The predicted molar refractivity (Wildman–Crippen MR) is 71.2 cm³/mol. The molecule has 0 aliphatic carbocycles. The Morgan fingerprint density at radius 3 is 1.73 bits per heavy atom. The molecule has 0 aliphatic rings. The topological polar surface area (TPSA) is 0 Å². The fraction of sp³-hybridized carbons (Fsp3) is 1.00. The average molecular weight is 212 g/mol. The summed E-state index contributed by atoms with van der Waals surface area (Å²) in [6.07, 6.45) is 9.85. The van der Waals surface area contributed by atoms with Crippen LogP contribution in [0, 0.1) is 17.8 Å². The van der Waals surface area contributed by atoms with E-state index in [1.807, 2.05) is 0 Å². The van der Waals surface area contributed by atoms with Crippen LogP contribution in [0.2, 0.25) is 0 Å². The van der Waals surface area contributed by atoms with Gasteiger partial charge < -0.3 is 0 Å². The molecule has 15 heavy (non-hydrogen) atoms. The van der Waals surface area contributed by atoms with E-state index < -0.39 is 0 Å². The van der Waals surface area contributed by atoms with Gasteiger partial charge in [-0.2, -0.15) is 0 Å². The second-order valence-corrected chi connectivity index (χ2v) is 5.39. The summed E-state index contributed by atoms with van der Waals surface area (Å²) in [5.74, 6) is 2.84. The lowest BCUT2D eigenvalue weighted by molar-refractivity contribution is 0.206. The van der Waals surface area contributed by atoms with Gasteiger partial charge in [0.2, 0.25) is 0 Å². The Morgan fingerprint density at radius 2 is 1.33 bits per heavy atom. The third kappa shape index (κ3) is 6.22. The zero-order chi connectivity index (χ0) is 11.7. The van der Waals surface area contributed by atoms with Crippen LogP contribution < -0.4 is 0 Å². The molecule has 2 unspecified atom stereocenters. The third-order valence-corrected chi connectivity index (χ3v) is 3.67. The molecule has 0 bridgehead atoms. The van der Waals surface area contributed by atoms with Gasteiger partial charge in [-0.15, -0.1) is 0 Å². The van der Waals surface area contributed by atoms with E-state index in [1.165, 1.54) is 44.9 Å². The second kappa shape index (κ2) is 9.24. The largest absolute Gasteiger partial charge is 0.0654 e. The van der Waals surface area contributed by atoms with E-state index in [4.69, 9.17) is 0 Å². The van der Waals surface area contributed by atoms with Crippen LogP contribution in [0.5, 0.6) is 0 Å². The van der Waals surface area contributed by atoms with Crippen LogP contribution in [0.1, 0.15) is 79.6 Å². The van der Waals surface area contributed by atoms with Crippen molar-refractivity contribution in [2.24, 2.45) is 17.8 Å². The minimum absolute atomic E-state index is 0.873.